The number of hydrogen-bond donors (Lipinski definition) is 2. The predicted octanol–water partition coefficient (Wildman–Crippen LogP) is -2.24. The molecule has 0 aliphatic rings. The van der Waals surface area contributed by atoms with E-state index in [1.54, 1.807) is 0 Å². The minimum atomic E-state index is -5.48. The molecule has 19 heteroatoms. The summed E-state index contributed by atoms with van der Waals surface area (Å²) in [6.07, 6.45) is 0. The van der Waals surface area contributed by atoms with Crippen LogP contribution in [0.5, 0.6) is 5.75 Å². The van der Waals surface area contributed by atoms with Gasteiger partial charge in [0.15, 0.2) is 29.1 Å². The summed E-state index contributed by atoms with van der Waals surface area (Å²) in [4.78, 5) is 9.78. The Morgan fingerprint density at radius 3 is 1.92 bits per heavy atom. The first-order valence-electron chi connectivity index (χ1n) is 9.30. The molecule has 39 heavy (non-hydrogen) atoms. The van der Waals surface area contributed by atoms with Gasteiger partial charge in [0.1, 0.15) is 21.4 Å². The number of azo groups is 1. The second-order valence-electron chi connectivity index (χ2n) is 6.72. The number of nitrogens with one attached hydrogen (secondary N) is 1. The fourth-order valence-electron chi connectivity index (χ4n) is 2.72. The molecule has 0 fully saturated rings. The van der Waals surface area contributed by atoms with Crippen LogP contribution in [-0.2, 0) is 10.1 Å². The number of aromatic carboxylic acids is 1. The summed E-state index contributed by atoms with van der Waals surface area (Å²) in [5.74, 6) is -18.9. The molecule has 0 saturated carbocycles. The molecule has 0 atom stereocenters. The van der Waals surface area contributed by atoms with Crippen molar-refractivity contribution in [3.05, 3.63) is 82.4 Å². The third kappa shape index (κ3) is 7.37. The molecule has 3 aromatic carbocycles. The topological polar surface area (TPSA) is 167 Å². The molecule has 3 rings (SSSR count). The second-order valence-corrected chi connectivity index (χ2v) is 8.07. The van der Waals surface area contributed by atoms with Crippen molar-refractivity contribution >= 4 is 33.3 Å². The quantitative estimate of drug-likeness (QED) is 0.0376. The number of anilines is 1. The Hall–Kier alpha value is -2.51. The Balaban J connectivity index is 0.00000380. The minimum absolute atomic E-state index is 0. The van der Waals surface area contributed by atoms with Gasteiger partial charge in [-0.25, -0.2) is 39.6 Å². The maximum atomic E-state index is 14.4. The molecule has 0 amide bonds. The van der Waals surface area contributed by atoms with Crippen LogP contribution < -0.4 is 69.6 Å². The van der Waals surface area contributed by atoms with Crippen LogP contribution in [0.15, 0.2) is 56.6 Å². The number of rotatable bonds is 6. The Bertz CT molecular complexity index is 1580. The fourth-order valence-corrected chi connectivity index (χ4v) is 3.27. The van der Waals surface area contributed by atoms with Crippen LogP contribution >= 0.6 is 0 Å². The minimum Gasteiger partial charge on any atom is -0.871 e. The zero-order valence-corrected chi connectivity index (χ0v) is 24.3. The van der Waals surface area contributed by atoms with Crippen molar-refractivity contribution < 1.29 is 113 Å². The molecule has 2 N–H and O–H groups in total. The second kappa shape index (κ2) is 13.7. The van der Waals surface area contributed by atoms with Crippen molar-refractivity contribution in [2.24, 2.45) is 15.3 Å². The van der Waals surface area contributed by atoms with Gasteiger partial charge in [0, 0.05) is 0 Å². The number of halogens is 6. The van der Waals surface area contributed by atoms with Crippen molar-refractivity contribution in [2.45, 2.75) is 4.90 Å². The fraction of sp³-hybridized carbons (Fsp3) is 0. The molecule has 0 aliphatic heterocycles. The van der Waals surface area contributed by atoms with Crippen LogP contribution in [0.3, 0.4) is 0 Å². The first kappa shape index (κ1) is 34.5. The average Bonchev–Trinajstić information content (AvgIpc) is 2.83. The van der Waals surface area contributed by atoms with Crippen LogP contribution in [0.2, 0.25) is 0 Å². The zero-order valence-electron chi connectivity index (χ0n) is 19.5. The summed E-state index contributed by atoms with van der Waals surface area (Å²) in [6.45, 7) is 0. The number of nitrogens with zero attached hydrogens (tertiary/aromatic N) is 3. The largest absolute Gasteiger partial charge is 1.00 e. The normalized spacial score (nSPS) is 11.6. The number of carboxylic acids is 1. The summed E-state index contributed by atoms with van der Waals surface area (Å²) < 4.78 is 118. The van der Waals surface area contributed by atoms with E-state index in [2.05, 4.69) is 15.3 Å². The van der Waals surface area contributed by atoms with E-state index in [-0.39, 0.29) is 64.8 Å². The molecule has 0 spiro atoms. The molecule has 10 nitrogen and oxygen atoms in total. The van der Waals surface area contributed by atoms with Gasteiger partial charge in [-0.3, -0.25) is 5.43 Å². The molecule has 0 heterocycles. The molecule has 0 radical (unpaired) electrons. The number of para-hydroxylation sites is 1. The first-order valence-corrected chi connectivity index (χ1v) is 10.7. The SMILES string of the molecule is O=C(O)c1ccccc1NN=C(N=Nc1c([O-])ccc(S(=O)(=O)[O-])c1F)c1c(F)c(F)c(F)c(F)c1F.[Na+].[Na+]. The van der Waals surface area contributed by atoms with Crippen LogP contribution in [-0.4, -0.2) is 29.9 Å². The monoisotopic (exact) mass is 592 g/mol. The molecular weight excluding hydrogens is 584 g/mol. The summed E-state index contributed by atoms with van der Waals surface area (Å²) in [7, 11) is -5.48. The summed E-state index contributed by atoms with van der Waals surface area (Å²) in [5, 5.41) is 30.4. The number of hydrazone groups is 1. The van der Waals surface area contributed by atoms with Crippen molar-refractivity contribution in [3.63, 3.8) is 0 Å². The third-order valence-corrected chi connectivity index (χ3v) is 5.28. The van der Waals surface area contributed by atoms with Crippen LogP contribution in [0.1, 0.15) is 15.9 Å². The molecule has 0 aromatic heterocycles. The number of amidine groups is 1. The van der Waals surface area contributed by atoms with Gasteiger partial charge in [-0.2, -0.15) is 5.10 Å². The summed E-state index contributed by atoms with van der Waals surface area (Å²) in [6, 6.07) is 5.38. The van der Waals surface area contributed by atoms with Gasteiger partial charge in [-0.1, -0.05) is 23.9 Å². The van der Waals surface area contributed by atoms with Crippen LogP contribution in [0.25, 0.3) is 0 Å². The zero-order chi connectivity index (χ0) is 27.7. The van der Waals surface area contributed by atoms with Crippen molar-refractivity contribution in [1.29, 1.82) is 0 Å². The Kier molecular flexibility index (Phi) is 12.1. The summed E-state index contributed by atoms with van der Waals surface area (Å²) >= 11 is 0. The predicted molar refractivity (Wildman–Crippen MR) is 108 cm³/mol. The number of carboxylic acid groups (broad SMARTS) is 1. The molecular formula is C20H8F6N4Na2O6S. The van der Waals surface area contributed by atoms with E-state index >= 15 is 0 Å². The Labute approximate surface area is 258 Å². The standard InChI is InChI=1S/C20H10F6N4O6S.2Na/c21-12-10(37(34,35)36)6-5-9(31)18(12)28-30-19(11-13(22)15(24)17(26)16(25)14(11)23)29-27-8-4-2-1-3-7(8)20(32)33;;/h1-6,27,31H,(H,32,33)(H,34,35,36);;/q;2*+1/p-2. The molecule has 0 aliphatic carbocycles. The third-order valence-electron chi connectivity index (χ3n) is 4.43. The van der Waals surface area contributed by atoms with E-state index in [9.17, 15) is 54.3 Å². The van der Waals surface area contributed by atoms with E-state index in [4.69, 9.17) is 0 Å². The van der Waals surface area contributed by atoms with Gasteiger partial charge in [0.2, 0.25) is 11.7 Å². The van der Waals surface area contributed by atoms with Crippen LogP contribution in [0, 0.1) is 34.9 Å². The number of benzene rings is 3. The molecule has 0 unspecified atom stereocenters. The molecule has 0 saturated heterocycles. The van der Waals surface area contributed by atoms with Crippen molar-refractivity contribution in [2.75, 3.05) is 5.43 Å². The Morgan fingerprint density at radius 2 is 1.38 bits per heavy atom. The summed E-state index contributed by atoms with van der Waals surface area (Å²) in [5.41, 5.74) is -2.20. The first-order chi connectivity index (χ1) is 17.3. The maximum absolute atomic E-state index is 14.4. The van der Waals surface area contributed by atoms with Gasteiger partial charge in [0.05, 0.1) is 16.1 Å². The van der Waals surface area contributed by atoms with Gasteiger partial charge >= 0.3 is 65.1 Å². The van der Waals surface area contributed by atoms with Gasteiger partial charge < -0.3 is 14.8 Å². The molecule has 3 aromatic rings. The van der Waals surface area contributed by atoms with Crippen molar-refractivity contribution in [1.82, 2.24) is 0 Å². The van der Waals surface area contributed by atoms with Gasteiger partial charge in [-0.15, -0.1) is 10.2 Å². The molecule has 0 bridgehead atoms. The number of carbonyl (C=O) groups is 1. The maximum Gasteiger partial charge on any atom is 1.00 e. The van der Waals surface area contributed by atoms with E-state index in [0.29, 0.717) is 12.1 Å². The number of hydrogen-bond acceptors (Lipinski definition) is 8. The molecule has 194 valence electrons. The Morgan fingerprint density at radius 1 is 0.846 bits per heavy atom. The van der Waals surface area contributed by atoms with Crippen molar-refractivity contribution in [3.8, 4) is 5.75 Å². The average molecular weight is 592 g/mol. The van der Waals surface area contributed by atoms with E-state index in [0.717, 1.165) is 12.1 Å². The van der Waals surface area contributed by atoms with E-state index in [1.165, 1.54) is 12.1 Å². The van der Waals surface area contributed by atoms with Gasteiger partial charge in [-0.05, 0) is 18.2 Å². The van der Waals surface area contributed by atoms with E-state index in [1.807, 2.05) is 5.43 Å². The smallest absolute Gasteiger partial charge is 0.871 e. The van der Waals surface area contributed by atoms with E-state index < -0.39 is 84.3 Å². The van der Waals surface area contributed by atoms with Crippen LogP contribution in [0.4, 0.5) is 37.7 Å². The van der Waals surface area contributed by atoms with Gasteiger partial charge in [0.25, 0.3) is 0 Å².